The van der Waals surface area contributed by atoms with Crippen molar-refractivity contribution in [3.63, 3.8) is 0 Å². The number of benzene rings is 1. The Bertz CT molecular complexity index is 586. The summed E-state index contributed by atoms with van der Waals surface area (Å²) in [6, 6.07) is 12.5. The first kappa shape index (κ1) is 14.6. The zero-order valence-electron chi connectivity index (χ0n) is 11.0. The monoisotopic (exact) mass is 293 g/mol. The average Bonchev–Trinajstić information content (AvgIpc) is 2.47. The highest BCUT2D eigenvalue weighted by molar-refractivity contribution is 6.29. The molecule has 0 saturated carbocycles. The van der Waals surface area contributed by atoms with Crippen LogP contribution in [0.5, 0.6) is 5.75 Å². The molecule has 1 aromatic heterocycles. The fourth-order valence-corrected chi connectivity index (χ4v) is 1.81. The van der Waals surface area contributed by atoms with Gasteiger partial charge < -0.3 is 10.1 Å². The summed E-state index contributed by atoms with van der Waals surface area (Å²) in [5, 5.41) is 7.44. The number of rotatable bonds is 7. The van der Waals surface area contributed by atoms with Gasteiger partial charge in [-0.15, -0.1) is 0 Å². The summed E-state index contributed by atoms with van der Waals surface area (Å²) >= 11 is 5.74. The first-order chi connectivity index (χ1) is 9.75. The van der Waals surface area contributed by atoms with Crippen LogP contribution in [0.1, 0.15) is 0 Å². The minimum Gasteiger partial charge on any atom is -0.492 e. The average molecular weight is 294 g/mol. The number of nitrogens with zero attached hydrogens (tertiary/aromatic N) is 2. The summed E-state index contributed by atoms with van der Waals surface area (Å²) in [6.07, 6.45) is 0. The lowest BCUT2D eigenvalue weighted by atomic mass is 10.3. The Morgan fingerprint density at radius 3 is 2.75 bits per heavy atom. The Morgan fingerprint density at radius 1 is 1.15 bits per heavy atom. The van der Waals surface area contributed by atoms with Gasteiger partial charge in [0.05, 0.1) is 6.54 Å². The molecule has 20 heavy (non-hydrogen) atoms. The summed E-state index contributed by atoms with van der Waals surface area (Å²) in [6.45, 7) is 2.38. The molecule has 0 atom stereocenters. The van der Waals surface area contributed by atoms with E-state index < -0.39 is 0 Å². The van der Waals surface area contributed by atoms with E-state index in [0.717, 1.165) is 5.75 Å². The van der Waals surface area contributed by atoms with E-state index in [1.165, 1.54) is 16.8 Å². The van der Waals surface area contributed by atoms with E-state index in [4.69, 9.17) is 16.3 Å². The van der Waals surface area contributed by atoms with Crippen LogP contribution in [-0.4, -0.2) is 29.5 Å². The second-order valence-electron chi connectivity index (χ2n) is 4.13. The number of hydrogen-bond acceptors (Lipinski definition) is 4. The zero-order valence-corrected chi connectivity index (χ0v) is 11.7. The van der Waals surface area contributed by atoms with Crippen molar-refractivity contribution in [1.82, 2.24) is 15.1 Å². The van der Waals surface area contributed by atoms with E-state index in [-0.39, 0.29) is 5.56 Å². The van der Waals surface area contributed by atoms with Gasteiger partial charge in [0, 0.05) is 19.2 Å². The van der Waals surface area contributed by atoms with Crippen LogP contribution >= 0.6 is 11.6 Å². The predicted octanol–water partition coefficient (Wildman–Crippen LogP) is 1.57. The van der Waals surface area contributed by atoms with Crippen molar-refractivity contribution in [2.24, 2.45) is 0 Å². The van der Waals surface area contributed by atoms with Crippen LogP contribution in [0, 0.1) is 0 Å². The van der Waals surface area contributed by atoms with Crippen LogP contribution < -0.4 is 15.6 Å². The minimum atomic E-state index is -0.156. The van der Waals surface area contributed by atoms with Crippen LogP contribution in [0.25, 0.3) is 0 Å². The van der Waals surface area contributed by atoms with E-state index in [0.29, 0.717) is 31.4 Å². The normalized spacial score (nSPS) is 10.4. The van der Waals surface area contributed by atoms with Gasteiger partial charge in [0.25, 0.3) is 5.56 Å². The van der Waals surface area contributed by atoms with Crippen LogP contribution in [0.4, 0.5) is 0 Å². The van der Waals surface area contributed by atoms with E-state index in [1.807, 2.05) is 30.3 Å². The number of ether oxygens (including phenoxy) is 1. The molecular formula is C14H16ClN3O2. The molecule has 1 N–H and O–H groups in total. The molecule has 0 bridgehead atoms. The molecule has 106 valence electrons. The van der Waals surface area contributed by atoms with Crippen molar-refractivity contribution in [3.05, 3.63) is 58.0 Å². The van der Waals surface area contributed by atoms with Gasteiger partial charge in [-0.2, -0.15) is 5.10 Å². The molecule has 1 heterocycles. The highest BCUT2D eigenvalue weighted by atomic mass is 35.5. The second kappa shape index (κ2) is 7.67. The van der Waals surface area contributed by atoms with Gasteiger partial charge >= 0.3 is 0 Å². The number of hydrogen-bond donors (Lipinski definition) is 1. The van der Waals surface area contributed by atoms with E-state index in [1.54, 1.807) is 0 Å². The third-order valence-corrected chi connectivity index (χ3v) is 2.83. The zero-order chi connectivity index (χ0) is 14.2. The van der Waals surface area contributed by atoms with Gasteiger partial charge in [-0.05, 0) is 18.2 Å². The highest BCUT2D eigenvalue weighted by Gasteiger charge is 1.98. The van der Waals surface area contributed by atoms with Crippen molar-refractivity contribution >= 4 is 11.6 Å². The Morgan fingerprint density at radius 2 is 1.95 bits per heavy atom. The van der Waals surface area contributed by atoms with E-state index in [9.17, 15) is 4.79 Å². The molecular weight excluding hydrogens is 278 g/mol. The van der Waals surface area contributed by atoms with E-state index in [2.05, 4.69) is 10.4 Å². The van der Waals surface area contributed by atoms with Crippen LogP contribution in [-0.2, 0) is 6.54 Å². The molecule has 0 amide bonds. The topological polar surface area (TPSA) is 56.2 Å². The lowest BCUT2D eigenvalue weighted by Crippen LogP contribution is -2.30. The first-order valence-electron chi connectivity index (χ1n) is 6.38. The van der Waals surface area contributed by atoms with Crippen LogP contribution in [0.2, 0.25) is 5.15 Å². The molecule has 0 saturated heterocycles. The second-order valence-corrected chi connectivity index (χ2v) is 4.52. The number of nitrogens with one attached hydrogen (secondary N) is 1. The summed E-state index contributed by atoms with van der Waals surface area (Å²) in [7, 11) is 0. The smallest absolute Gasteiger partial charge is 0.266 e. The van der Waals surface area contributed by atoms with Crippen LogP contribution in [0.3, 0.4) is 0 Å². The van der Waals surface area contributed by atoms with Gasteiger partial charge in [0.2, 0.25) is 0 Å². The van der Waals surface area contributed by atoms with Gasteiger partial charge in [0.1, 0.15) is 17.5 Å². The molecule has 1 aromatic carbocycles. The molecule has 0 aliphatic carbocycles. The standard InChI is InChI=1S/C14H16ClN3O2/c15-13-6-7-14(19)18(17-13)10-8-16-9-11-20-12-4-2-1-3-5-12/h1-7,16H,8-11H2. The van der Waals surface area contributed by atoms with Gasteiger partial charge in [-0.25, -0.2) is 4.68 Å². The van der Waals surface area contributed by atoms with Crippen LogP contribution in [0.15, 0.2) is 47.3 Å². The molecule has 0 aliphatic rings. The first-order valence-corrected chi connectivity index (χ1v) is 6.76. The molecule has 6 heteroatoms. The minimum absolute atomic E-state index is 0.156. The Hall–Kier alpha value is -1.85. The molecule has 0 unspecified atom stereocenters. The highest BCUT2D eigenvalue weighted by Crippen LogP contribution is 2.07. The quantitative estimate of drug-likeness (QED) is 0.787. The number of halogens is 1. The Kier molecular flexibility index (Phi) is 5.58. The lowest BCUT2D eigenvalue weighted by molar-refractivity contribution is 0.312. The summed E-state index contributed by atoms with van der Waals surface area (Å²) in [5.74, 6) is 0.849. The molecule has 2 aromatic rings. The van der Waals surface area contributed by atoms with Crippen molar-refractivity contribution in [1.29, 1.82) is 0 Å². The van der Waals surface area contributed by atoms with E-state index >= 15 is 0 Å². The summed E-state index contributed by atoms with van der Waals surface area (Å²) in [5.41, 5.74) is -0.156. The third-order valence-electron chi connectivity index (χ3n) is 2.63. The summed E-state index contributed by atoms with van der Waals surface area (Å²) in [4.78, 5) is 11.5. The molecule has 5 nitrogen and oxygen atoms in total. The Balaban J connectivity index is 1.64. The van der Waals surface area contributed by atoms with Gasteiger partial charge in [0.15, 0.2) is 0 Å². The number of para-hydroxylation sites is 1. The molecule has 0 fully saturated rings. The maximum atomic E-state index is 11.5. The van der Waals surface area contributed by atoms with Crippen molar-refractivity contribution < 1.29 is 4.74 Å². The maximum Gasteiger partial charge on any atom is 0.266 e. The maximum absolute atomic E-state index is 11.5. The van der Waals surface area contributed by atoms with Crippen molar-refractivity contribution in [2.45, 2.75) is 6.54 Å². The Labute approximate surface area is 122 Å². The molecule has 2 rings (SSSR count). The van der Waals surface area contributed by atoms with Gasteiger partial charge in [-0.1, -0.05) is 29.8 Å². The molecule has 0 spiro atoms. The molecule has 0 radical (unpaired) electrons. The fraction of sp³-hybridized carbons (Fsp3) is 0.286. The van der Waals surface area contributed by atoms with Crippen molar-refractivity contribution in [2.75, 3.05) is 19.7 Å². The predicted molar refractivity (Wildman–Crippen MR) is 78.3 cm³/mol. The molecule has 0 aliphatic heterocycles. The third kappa shape index (κ3) is 4.68. The fourth-order valence-electron chi connectivity index (χ4n) is 1.65. The lowest BCUT2D eigenvalue weighted by Gasteiger charge is -2.08. The van der Waals surface area contributed by atoms with Crippen molar-refractivity contribution in [3.8, 4) is 5.75 Å². The van der Waals surface area contributed by atoms with Gasteiger partial charge in [-0.3, -0.25) is 4.79 Å². The summed E-state index contributed by atoms with van der Waals surface area (Å²) < 4.78 is 6.87. The largest absolute Gasteiger partial charge is 0.492 e. The SMILES string of the molecule is O=c1ccc(Cl)nn1CCNCCOc1ccccc1. The number of aromatic nitrogens is 2.